The summed E-state index contributed by atoms with van der Waals surface area (Å²) in [5.41, 5.74) is -0.119. The highest BCUT2D eigenvalue weighted by atomic mass is 19.1. The van der Waals surface area contributed by atoms with Crippen LogP contribution < -0.4 is 10.6 Å². The van der Waals surface area contributed by atoms with Crippen LogP contribution in [0.15, 0.2) is 18.2 Å². The Labute approximate surface area is 151 Å². The second-order valence-electron chi connectivity index (χ2n) is 7.09. The van der Waals surface area contributed by atoms with Gasteiger partial charge in [0.15, 0.2) is 0 Å². The second-order valence-corrected chi connectivity index (χ2v) is 7.09. The van der Waals surface area contributed by atoms with Crippen LogP contribution in [0.4, 0.5) is 20.6 Å². The summed E-state index contributed by atoms with van der Waals surface area (Å²) in [7, 11) is 1.79. The molecule has 2 N–H and O–H groups in total. The summed E-state index contributed by atoms with van der Waals surface area (Å²) >= 11 is 0. The average Bonchev–Trinajstić information content (AvgIpc) is 3.00. The Bertz CT molecular complexity index is 754. The maximum Gasteiger partial charge on any atom is 0.321 e. The summed E-state index contributed by atoms with van der Waals surface area (Å²) < 4.78 is 14.0. The lowest BCUT2D eigenvalue weighted by molar-refractivity contribution is -0.143. The number of benzene rings is 1. The Hall–Kier alpha value is -2.64. The van der Waals surface area contributed by atoms with E-state index < -0.39 is 17.3 Å². The molecule has 2 fully saturated rings. The number of hydrogen-bond acceptors (Lipinski definition) is 3. The molecule has 0 bridgehead atoms. The number of piperidine rings is 1. The number of urea groups is 1. The number of nitrogens with zero attached hydrogens (tertiary/aromatic N) is 2. The summed E-state index contributed by atoms with van der Waals surface area (Å²) in [5.74, 6) is -0.789. The SMILES string of the molecule is CC(=O)Nc1ccc(F)c(NC(=O)N2CC[C@@]3(CCCN(C)C3=O)C2)c1. The number of anilines is 2. The number of carbonyl (C=O) groups is 3. The van der Waals surface area contributed by atoms with Crippen LogP contribution in [0.3, 0.4) is 0 Å². The third kappa shape index (κ3) is 3.49. The highest BCUT2D eigenvalue weighted by Crippen LogP contribution is 2.39. The fraction of sp³-hybridized carbons (Fsp3) is 0.500. The van der Waals surface area contributed by atoms with Crippen LogP contribution in [-0.2, 0) is 9.59 Å². The molecule has 2 heterocycles. The molecule has 3 rings (SSSR count). The number of halogens is 1. The second kappa shape index (κ2) is 6.93. The van der Waals surface area contributed by atoms with Gasteiger partial charge in [-0.25, -0.2) is 9.18 Å². The van der Waals surface area contributed by atoms with E-state index in [1.165, 1.54) is 25.1 Å². The molecule has 1 spiro atoms. The van der Waals surface area contributed by atoms with Gasteiger partial charge in [0.1, 0.15) is 5.82 Å². The molecule has 2 saturated heterocycles. The zero-order valence-electron chi connectivity index (χ0n) is 15.0. The van der Waals surface area contributed by atoms with E-state index in [-0.39, 0.29) is 17.5 Å². The Morgan fingerprint density at radius 1 is 1.19 bits per heavy atom. The van der Waals surface area contributed by atoms with Gasteiger partial charge in [0.05, 0.1) is 11.1 Å². The minimum Gasteiger partial charge on any atom is -0.345 e. The van der Waals surface area contributed by atoms with Gasteiger partial charge < -0.3 is 20.4 Å². The molecule has 1 aromatic carbocycles. The molecular weight excluding hydrogens is 339 g/mol. The number of likely N-dealkylation sites (tertiary alicyclic amines) is 2. The summed E-state index contributed by atoms with van der Waals surface area (Å²) in [6, 6.07) is 3.54. The number of rotatable bonds is 2. The van der Waals surface area contributed by atoms with Gasteiger partial charge in [-0.15, -0.1) is 0 Å². The normalized spacial score (nSPS) is 22.7. The number of amides is 4. The third-order valence-electron chi connectivity index (χ3n) is 5.12. The first-order valence-corrected chi connectivity index (χ1v) is 8.69. The standard InChI is InChI=1S/C18H23FN4O3/c1-12(24)20-13-4-5-14(19)15(10-13)21-17(26)23-9-7-18(11-23)6-3-8-22(2)16(18)25/h4-5,10H,3,6-9,11H2,1-2H3,(H,20,24)(H,21,26)/t18-/m0/s1. The lowest BCUT2D eigenvalue weighted by Crippen LogP contribution is -2.49. The van der Waals surface area contributed by atoms with E-state index in [9.17, 15) is 18.8 Å². The fourth-order valence-electron chi connectivity index (χ4n) is 3.79. The molecule has 140 valence electrons. The summed E-state index contributed by atoms with van der Waals surface area (Å²) in [6.07, 6.45) is 2.31. The van der Waals surface area contributed by atoms with Gasteiger partial charge in [0, 0.05) is 39.3 Å². The monoisotopic (exact) mass is 362 g/mol. The number of nitrogens with one attached hydrogen (secondary N) is 2. The van der Waals surface area contributed by atoms with E-state index in [0.717, 1.165) is 19.4 Å². The molecule has 7 nitrogen and oxygen atoms in total. The predicted octanol–water partition coefficient (Wildman–Crippen LogP) is 2.26. The zero-order chi connectivity index (χ0) is 18.9. The molecular formula is C18H23FN4O3. The van der Waals surface area contributed by atoms with Crippen molar-refractivity contribution in [2.24, 2.45) is 5.41 Å². The molecule has 1 aromatic rings. The molecule has 0 radical (unpaired) electrons. The van der Waals surface area contributed by atoms with E-state index >= 15 is 0 Å². The lowest BCUT2D eigenvalue weighted by atomic mass is 9.78. The predicted molar refractivity (Wildman–Crippen MR) is 95.2 cm³/mol. The van der Waals surface area contributed by atoms with Crippen molar-refractivity contribution < 1.29 is 18.8 Å². The van der Waals surface area contributed by atoms with E-state index in [2.05, 4.69) is 10.6 Å². The summed E-state index contributed by atoms with van der Waals surface area (Å²) in [5, 5.41) is 5.10. The van der Waals surface area contributed by atoms with E-state index in [4.69, 9.17) is 0 Å². The maximum atomic E-state index is 14.0. The van der Waals surface area contributed by atoms with Gasteiger partial charge in [-0.1, -0.05) is 0 Å². The van der Waals surface area contributed by atoms with Gasteiger partial charge in [-0.3, -0.25) is 9.59 Å². The van der Waals surface area contributed by atoms with E-state index in [0.29, 0.717) is 25.2 Å². The minimum absolute atomic E-state index is 0.00529. The summed E-state index contributed by atoms with van der Waals surface area (Å²) in [4.78, 5) is 39.5. The first-order valence-electron chi connectivity index (χ1n) is 8.69. The van der Waals surface area contributed by atoms with Crippen molar-refractivity contribution in [1.29, 1.82) is 0 Å². The fourth-order valence-corrected chi connectivity index (χ4v) is 3.79. The van der Waals surface area contributed by atoms with Crippen LogP contribution >= 0.6 is 0 Å². The zero-order valence-corrected chi connectivity index (χ0v) is 15.0. The highest BCUT2D eigenvalue weighted by Gasteiger charge is 2.48. The molecule has 2 aliphatic rings. The average molecular weight is 362 g/mol. The van der Waals surface area contributed by atoms with Gasteiger partial charge >= 0.3 is 6.03 Å². The van der Waals surface area contributed by atoms with Crippen molar-refractivity contribution in [1.82, 2.24) is 9.80 Å². The molecule has 1 atom stereocenters. The van der Waals surface area contributed by atoms with Crippen molar-refractivity contribution in [2.75, 3.05) is 37.3 Å². The molecule has 8 heteroatoms. The molecule has 0 aliphatic carbocycles. The Morgan fingerprint density at radius 2 is 1.96 bits per heavy atom. The minimum atomic E-state index is -0.588. The number of hydrogen-bond donors (Lipinski definition) is 2. The van der Waals surface area contributed by atoms with Gasteiger partial charge in [-0.2, -0.15) is 0 Å². The van der Waals surface area contributed by atoms with Crippen LogP contribution in [0.25, 0.3) is 0 Å². The van der Waals surface area contributed by atoms with Crippen LogP contribution in [0.2, 0.25) is 0 Å². The smallest absolute Gasteiger partial charge is 0.321 e. The van der Waals surface area contributed by atoms with E-state index in [1.54, 1.807) is 16.8 Å². The maximum absolute atomic E-state index is 14.0. The lowest BCUT2D eigenvalue weighted by Gasteiger charge is -2.37. The van der Waals surface area contributed by atoms with Crippen molar-refractivity contribution in [3.8, 4) is 0 Å². The third-order valence-corrected chi connectivity index (χ3v) is 5.12. The first-order chi connectivity index (χ1) is 12.3. The number of carbonyl (C=O) groups excluding carboxylic acids is 3. The molecule has 4 amide bonds. The quantitative estimate of drug-likeness (QED) is 0.847. The van der Waals surface area contributed by atoms with Crippen LogP contribution in [-0.4, -0.2) is 54.3 Å². The molecule has 26 heavy (non-hydrogen) atoms. The van der Waals surface area contributed by atoms with Crippen molar-refractivity contribution >= 4 is 29.2 Å². The topological polar surface area (TPSA) is 81.8 Å². The molecule has 0 unspecified atom stereocenters. The van der Waals surface area contributed by atoms with E-state index in [1.807, 2.05) is 0 Å². The largest absolute Gasteiger partial charge is 0.345 e. The van der Waals surface area contributed by atoms with Crippen molar-refractivity contribution in [3.63, 3.8) is 0 Å². The Kier molecular flexibility index (Phi) is 4.84. The Balaban J connectivity index is 1.69. The first kappa shape index (κ1) is 18.2. The van der Waals surface area contributed by atoms with Crippen molar-refractivity contribution in [3.05, 3.63) is 24.0 Å². The highest BCUT2D eigenvalue weighted by molar-refractivity contribution is 5.93. The van der Waals surface area contributed by atoms with Crippen LogP contribution in [0, 0.1) is 11.2 Å². The molecule has 0 aromatic heterocycles. The van der Waals surface area contributed by atoms with Gasteiger partial charge in [0.25, 0.3) is 0 Å². The van der Waals surface area contributed by atoms with Crippen LogP contribution in [0.5, 0.6) is 0 Å². The van der Waals surface area contributed by atoms with Gasteiger partial charge in [0.2, 0.25) is 11.8 Å². The van der Waals surface area contributed by atoms with Gasteiger partial charge in [-0.05, 0) is 37.5 Å². The molecule has 0 saturated carbocycles. The molecule has 2 aliphatic heterocycles. The van der Waals surface area contributed by atoms with Crippen LogP contribution in [0.1, 0.15) is 26.2 Å². The van der Waals surface area contributed by atoms with Crippen molar-refractivity contribution in [2.45, 2.75) is 26.2 Å². The summed E-state index contributed by atoms with van der Waals surface area (Å²) in [6.45, 7) is 2.89. The Morgan fingerprint density at radius 3 is 2.69 bits per heavy atom.